The first-order chi connectivity index (χ1) is 8.58. The highest BCUT2D eigenvalue weighted by atomic mass is 35.5. The molecule has 0 fully saturated rings. The van der Waals surface area contributed by atoms with Crippen molar-refractivity contribution in [2.24, 2.45) is 0 Å². The van der Waals surface area contributed by atoms with Crippen molar-refractivity contribution in [2.45, 2.75) is 6.54 Å². The third-order valence-electron chi connectivity index (χ3n) is 2.50. The van der Waals surface area contributed by atoms with Crippen LogP contribution in [0.1, 0.15) is 16.1 Å². The van der Waals surface area contributed by atoms with Crippen LogP contribution in [0, 0.1) is 5.82 Å². The Hall–Kier alpha value is -1.81. The van der Waals surface area contributed by atoms with Crippen LogP contribution < -0.4 is 0 Å². The van der Waals surface area contributed by atoms with Crippen molar-refractivity contribution in [3.8, 4) is 0 Å². The first-order valence-electron chi connectivity index (χ1n) is 5.31. The number of carbonyl (C=O) groups is 1. The fourth-order valence-electron chi connectivity index (χ4n) is 1.57. The molecule has 0 atom stereocenters. The molecule has 2 aromatic rings. The Labute approximate surface area is 109 Å². The minimum absolute atomic E-state index is 0.250. The van der Waals surface area contributed by atoms with E-state index < -0.39 is 5.82 Å². The number of rotatable bonds is 3. The molecular weight excluding hydrogens is 257 g/mol. The number of hydrogen-bond acceptors (Lipinski definition) is 2. The second-order valence-electron chi connectivity index (χ2n) is 3.87. The van der Waals surface area contributed by atoms with Gasteiger partial charge in [0.05, 0.1) is 6.26 Å². The number of benzene rings is 1. The number of halogens is 2. The predicted molar refractivity (Wildman–Crippen MR) is 65.9 cm³/mol. The van der Waals surface area contributed by atoms with E-state index in [-0.39, 0.29) is 11.7 Å². The molecule has 3 nitrogen and oxygen atoms in total. The molecule has 1 amide bonds. The minimum atomic E-state index is -0.399. The van der Waals surface area contributed by atoms with Gasteiger partial charge in [0, 0.05) is 18.6 Å². The molecule has 1 aromatic carbocycles. The quantitative estimate of drug-likeness (QED) is 0.854. The third-order valence-corrected chi connectivity index (χ3v) is 2.85. The standard InChI is InChI=1S/C13H11ClFNO2/c1-16(13(17)12-3-2-6-18-12)8-9-4-5-10(15)7-11(9)14/h2-7H,8H2,1H3. The first-order valence-corrected chi connectivity index (χ1v) is 5.68. The van der Waals surface area contributed by atoms with Crippen molar-refractivity contribution in [2.75, 3.05) is 7.05 Å². The summed E-state index contributed by atoms with van der Waals surface area (Å²) in [6.45, 7) is 0.290. The molecule has 0 spiro atoms. The van der Waals surface area contributed by atoms with E-state index in [0.717, 1.165) is 0 Å². The maximum Gasteiger partial charge on any atom is 0.289 e. The molecule has 0 radical (unpaired) electrons. The zero-order chi connectivity index (χ0) is 13.1. The number of carbonyl (C=O) groups excluding carboxylic acids is 1. The van der Waals surface area contributed by atoms with Gasteiger partial charge in [0.15, 0.2) is 5.76 Å². The van der Waals surface area contributed by atoms with E-state index in [9.17, 15) is 9.18 Å². The Bertz CT molecular complexity index is 554. The summed E-state index contributed by atoms with van der Waals surface area (Å²) in [6, 6.07) is 7.33. The van der Waals surface area contributed by atoms with E-state index >= 15 is 0 Å². The lowest BCUT2D eigenvalue weighted by molar-refractivity contribution is 0.0753. The van der Waals surface area contributed by atoms with Gasteiger partial charge < -0.3 is 9.32 Å². The maximum absolute atomic E-state index is 12.9. The predicted octanol–water partition coefficient (Wildman–Crippen LogP) is 3.34. The Morgan fingerprint density at radius 1 is 1.44 bits per heavy atom. The second kappa shape index (κ2) is 5.23. The molecule has 0 unspecified atom stereocenters. The summed E-state index contributed by atoms with van der Waals surface area (Å²) >= 11 is 5.90. The molecule has 94 valence electrons. The Morgan fingerprint density at radius 2 is 2.22 bits per heavy atom. The van der Waals surface area contributed by atoms with Gasteiger partial charge in [-0.3, -0.25) is 4.79 Å². The van der Waals surface area contributed by atoms with Crippen molar-refractivity contribution >= 4 is 17.5 Å². The molecule has 0 aliphatic heterocycles. The normalized spacial score (nSPS) is 10.4. The molecule has 5 heteroatoms. The van der Waals surface area contributed by atoms with Gasteiger partial charge in [-0.05, 0) is 29.8 Å². The van der Waals surface area contributed by atoms with Crippen LogP contribution in [-0.4, -0.2) is 17.9 Å². The Morgan fingerprint density at radius 3 is 2.83 bits per heavy atom. The minimum Gasteiger partial charge on any atom is -0.459 e. The number of nitrogens with zero attached hydrogens (tertiary/aromatic N) is 1. The number of furan rings is 1. The first kappa shape index (κ1) is 12.6. The highest BCUT2D eigenvalue weighted by Gasteiger charge is 2.15. The van der Waals surface area contributed by atoms with Gasteiger partial charge in [-0.15, -0.1) is 0 Å². The fourth-order valence-corrected chi connectivity index (χ4v) is 1.79. The number of hydrogen-bond donors (Lipinski definition) is 0. The van der Waals surface area contributed by atoms with Crippen molar-refractivity contribution in [3.05, 3.63) is 58.8 Å². The summed E-state index contributed by atoms with van der Waals surface area (Å²) in [7, 11) is 1.63. The van der Waals surface area contributed by atoms with E-state index in [4.69, 9.17) is 16.0 Å². The fraction of sp³-hybridized carbons (Fsp3) is 0.154. The zero-order valence-electron chi connectivity index (χ0n) is 9.69. The highest BCUT2D eigenvalue weighted by molar-refractivity contribution is 6.31. The summed E-state index contributed by atoms with van der Waals surface area (Å²) in [6.07, 6.45) is 1.44. The van der Waals surface area contributed by atoms with Gasteiger partial charge in [0.25, 0.3) is 5.91 Å². The van der Waals surface area contributed by atoms with Gasteiger partial charge >= 0.3 is 0 Å². The topological polar surface area (TPSA) is 33.5 Å². The van der Waals surface area contributed by atoms with Crippen LogP contribution in [0.3, 0.4) is 0 Å². The Kier molecular flexibility index (Phi) is 3.67. The lowest BCUT2D eigenvalue weighted by Gasteiger charge is -2.16. The molecule has 0 saturated carbocycles. The average molecular weight is 268 g/mol. The molecule has 1 aromatic heterocycles. The summed E-state index contributed by atoms with van der Waals surface area (Å²) in [5, 5.41) is 0.300. The molecule has 18 heavy (non-hydrogen) atoms. The second-order valence-corrected chi connectivity index (χ2v) is 4.28. The summed E-state index contributed by atoms with van der Waals surface area (Å²) < 4.78 is 17.9. The van der Waals surface area contributed by atoms with E-state index in [0.29, 0.717) is 17.1 Å². The lowest BCUT2D eigenvalue weighted by atomic mass is 10.2. The molecule has 1 heterocycles. The third kappa shape index (κ3) is 2.71. The SMILES string of the molecule is CN(Cc1ccc(F)cc1Cl)C(=O)c1ccco1. The van der Waals surface area contributed by atoms with E-state index in [1.54, 1.807) is 25.2 Å². The van der Waals surface area contributed by atoms with Crippen molar-refractivity contribution in [1.29, 1.82) is 0 Å². The van der Waals surface area contributed by atoms with Crippen LogP contribution in [0.4, 0.5) is 4.39 Å². The van der Waals surface area contributed by atoms with Gasteiger partial charge in [0.1, 0.15) is 5.82 Å². The van der Waals surface area contributed by atoms with E-state index in [1.807, 2.05) is 0 Å². The van der Waals surface area contributed by atoms with Gasteiger partial charge in [-0.2, -0.15) is 0 Å². The van der Waals surface area contributed by atoms with Crippen LogP contribution in [0.5, 0.6) is 0 Å². The van der Waals surface area contributed by atoms with Gasteiger partial charge in [-0.1, -0.05) is 17.7 Å². The van der Waals surface area contributed by atoms with Crippen LogP contribution in [0.25, 0.3) is 0 Å². The molecule has 0 saturated heterocycles. The van der Waals surface area contributed by atoms with Crippen LogP contribution in [0.15, 0.2) is 41.0 Å². The molecule has 0 bridgehead atoms. The van der Waals surface area contributed by atoms with Crippen molar-refractivity contribution in [3.63, 3.8) is 0 Å². The van der Waals surface area contributed by atoms with E-state index in [2.05, 4.69) is 0 Å². The lowest BCUT2D eigenvalue weighted by Crippen LogP contribution is -2.25. The van der Waals surface area contributed by atoms with Crippen LogP contribution >= 0.6 is 11.6 Å². The molecule has 0 aliphatic carbocycles. The molecule has 0 aliphatic rings. The maximum atomic E-state index is 12.9. The number of amides is 1. The highest BCUT2D eigenvalue weighted by Crippen LogP contribution is 2.19. The van der Waals surface area contributed by atoms with Crippen LogP contribution in [-0.2, 0) is 6.54 Å². The average Bonchev–Trinajstić information content (AvgIpc) is 2.85. The summed E-state index contributed by atoms with van der Waals surface area (Å²) in [5.74, 6) is -0.389. The van der Waals surface area contributed by atoms with E-state index in [1.165, 1.54) is 23.3 Å². The zero-order valence-corrected chi connectivity index (χ0v) is 10.4. The van der Waals surface area contributed by atoms with Crippen LogP contribution in [0.2, 0.25) is 5.02 Å². The van der Waals surface area contributed by atoms with Crippen molar-refractivity contribution in [1.82, 2.24) is 4.90 Å². The Balaban J connectivity index is 2.11. The van der Waals surface area contributed by atoms with Crippen molar-refractivity contribution < 1.29 is 13.6 Å². The largest absolute Gasteiger partial charge is 0.459 e. The summed E-state index contributed by atoms with van der Waals surface area (Å²) in [4.78, 5) is 13.4. The molecule has 0 N–H and O–H groups in total. The molecular formula is C13H11ClFNO2. The molecule has 2 rings (SSSR count). The van der Waals surface area contributed by atoms with Gasteiger partial charge in [0.2, 0.25) is 0 Å². The van der Waals surface area contributed by atoms with Gasteiger partial charge in [-0.25, -0.2) is 4.39 Å². The monoisotopic (exact) mass is 267 g/mol. The summed E-state index contributed by atoms with van der Waals surface area (Å²) in [5.41, 5.74) is 0.681. The smallest absolute Gasteiger partial charge is 0.289 e.